The molecule has 0 unspecified atom stereocenters. The standard InChI is InChI=1S/C12H19N3O2S/c1-12(7-3-4-8-12)15-18(16,17)11-10(13-2)6-5-9-14-11/h5-6,9,13,15H,3-4,7-8H2,1-2H3. The zero-order valence-corrected chi connectivity index (χ0v) is 11.5. The topological polar surface area (TPSA) is 71.1 Å². The summed E-state index contributed by atoms with van der Waals surface area (Å²) in [6.45, 7) is 1.96. The van der Waals surface area contributed by atoms with Crippen LogP contribution in [0, 0.1) is 0 Å². The van der Waals surface area contributed by atoms with Crippen LogP contribution in [0.4, 0.5) is 5.69 Å². The molecular formula is C12H19N3O2S. The van der Waals surface area contributed by atoms with Gasteiger partial charge >= 0.3 is 0 Å². The Morgan fingerprint density at radius 2 is 2.00 bits per heavy atom. The summed E-state index contributed by atoms with van der Waals surface area (Å²) < 4.78 is 27.5. The molecule has 0 atom stereocenters. The van der Waals surface area contributed by atoms with Crippen LogP contribution in [0.3, 0.4) is 0 Å². The third-order valence-electron chi connectivity index (χ3n) is 3.38. The number of sulfonamides is 1. The summed E-state index contributed by atoms with van der Waals surface area (Å²) in [5, 5.41) is 2.93. The minimum absolute atomic E-state index is 0.0700. The van der Waals surface area contributed by atoms with Crippen molar-refractivity contribution in [3.8, 4) is 0 Å². The van der Waals surface area contributed by atoms with E-state index in [2.05, 4.69) is 15.0 Å². The van der Waals surface area contributed by atoms with E-state index in [0.29, 0.717) is 5.69 Å². The summed E-state index contributed by atoms with van der Waals surface area (Å²) >= 11 is 0. The molecule has 0 spiro atoms. The van der Waals surface area contributed by atoms with Crippen LogP contribution in [-0.2, 0) is 10.0 Å². The van der Waals surface area contributed by atoms with Crippen LogP contribution in [0.5, 0.6) is 0 Å². The molecule has 0 radical (unpaired) electrons. The Kier molecular flexibility index (Phi) is 3.59. The van der Waals surface area contributed by atoms with Crippen molar-refractivity contribution in [3.05, 3.63) is 18.3 Å². The highest BCUT2D eigenvalue weighted by atomic mass is 32.2. The van der Waals surface area contributed by atoms with Gasteiger partial charge in [0.2, 0.25) is 0 Å². The Bertz CT molecular complexity index is 522. The Hall–Kier alpha value is -1.14. The molecule has 1 aromatic rings. The molecule has 0 aliphatic heterocycles. The molecule has 1 aromatic heterocycles. The molecule has 5 nitrogen and oxygen atoms in total. The van der Waals surface area contributed by atoms with E-state index < -0.39 is 10.0 Å². The van der Waals surface area contributed by atoms with E-state index in [1.165, 1.54) is 6.20 Å². The predicted molar refractivity (Wildman–Crippen MR) is 71.0 cm³/mol. The Labute approximate surface area is 108 Å². The molecule has 1 fully saturated rings. The maximum Gasteiger partial charge on any atom is 0.260 e. The number of nitrogens with zero attached hydrogens (tertiary/aromatic N) is 1. The molecule has 6 heteroatoms. The molecule has 100 valence electrons. The molecule has 1 aliphatic rings. The summed E-state index contributed by atoms with van der Waals surface area (Å²) in [6, 6.07) is 3.42. The fraction of sp³-hybridized carbons (Fsp3) is 0.583. The minimum Gasteiger partial charge on any atom is -0.386 e. The zero-order chi connectivity index (χ0) is 13.2. The van der Waals surface area contributed by atoms with Gasteiger partial charge in [-0.3, -0.25) is 0 Å². The summed E-state index contributed by atoms with van der Waals surface area (Å²) in [5.74, 6) is 0. The van der Waals surface area contributed by atoms with Crippen molar-refractivity contribution in [2.75, 3.05) is 12.4 Å². The van der Waals surface area contributed by atoms with Gasteiger partial charge in [-0.1, -0.05) is 12.8 Å². The van der Waals surface area contributed by atoms with Gasteiger partial charge in [-0.15, -0.1) is 0 Å². The number of nitrogens with one attached hydrogen (secondary N) is 2. The van der Waals surface area contributed by atoms with E-state index in [1.54, 1.807) is 19.2 Å². The van der Waals surface area contributed by atoms with Crippen molar-refractivity contribution in [1.82, 2.24) is 9.71 Å². The number of anilines is 1. The first-order valence-corrected chi connectivity index (χ1v) is 7.62. The van der Waals surface area contributed by atoms with Gasteiger partial charge in [-0.05, 0) is 31.9 Å². The van der Waals surface area contributed by atoms with Gasteiger partial charge in [-0.2, -0.15) is 0 Å². The van der Waals surface area contributed by atoms with Crippen LogP contribution in [0.2, 0.25) is 0 Å². The number of pyridine rings is 1. The summed E-state index contributed by atoms with van der Waals surface area (Å²) in [7, 11) is -1.88. The lowest BCUT2D eigenvalue weighted by Gasteiger charge is -2.25. The maximum atomic E-state index is 12.4. The van der Waals surface area contributed by atoms with Crippen molar-refractivity contribution < 1.29 is 8.42 Å². The highest BCUT2D eigenvalue weighted by molar-refractivity contribution is 7.89. The highest BCUT2D eigenvalue weighted by Crippen LogP contribution is 2.31. The second kappa shape index (κ2) is 4.85. The zero-order valence-electron chi connectivity index (χ0n) is 10.7. The third kappa shape index (κ3) is 2.64. The molecule has 1 aliphatic carbocycles. The van der Waals surface area contributed by atoms with Gasteiger partial charge in [0.25, 0.3) is 10.0 Å². The van der Waals surface area contributed by atoms with Crippen LogP contribution < -0.4 is 10.0 Å². The van der Waals surface area contributed by atoms with E-state index in [9.17, 15) is 8.42 Å². The fourth-order valence-corrected chi connectivity index (χ4v) is 4.03. The predicted octanol–water partition coefficient (Wildman–Crippen LogP) is 1.73. The molecule has 1 saturated carbocycles. The van der Waals surface area contributed by atoms with Gasteiger partial charge in [0.1, 0.15) is 0 Å². The lowest BCUT2D eigenvalue weighted by molar-refractivity contribution is 0.427. The number of rotatable bonds is 4. The lowest BCUT2D eigenvalue weighted by atomic mass is 10.0. The highest BCUT2D eigenvalue weighted by Gasteiger charge is 2.34. The van der Waals surface area contributed by atoms with Crippen LogP contribution in [-0.4, -0.2) is 26.0 Å². The SMILES string of the molecule is CNc1cccnc1S(=O)(=O)NC1(C)CCCC1. The molecular weight excluding hydrogens is 250 g/mol. The van der Waals surface area contributed by atoms with Crippen molar-refractivity contribution >= 4 is 15.7 Å². The Balaban J connectivity index is 2.30. The largest absolute Gasteiger partial charge is 0.386 e. The van der Waals surface area contributed by atoms with Crippen LogP contribution >= 0.6 is 0 Å². The van der Waals surface area contributed by atoms with Gasteiger partial charge < -0.3 is 5.32 Å². The Morgan fingerprint density at radius 1 is 1.33 bits per heavy atom. The Morgan fingerprint density at radius 3 is 2.61 bits per heavy atom. The smallest absolute Gasteiger partial charge is 0.260 e. The molecule has 2 N–H and O–H groups in total. The first kappa shape index (κ1) is 13.3. The van der Waals surface area contributed by atoms with Crippen LogP contribution in [0.1, 0.15) is 32.6 Å². The molecule has 2 rings (SSSR count). The van der Waals surface area contributed by atoms with Crippen molar-refractivity contribution in [1.29, 1.82) is 0 Å². The molecule has 0 aromatic carbocycles. The number of hydrogen-bond acceptors (Lipinski definition) is 4. The quantitative estimate of drug-likeness (QED) is 0.873. The van der Waals surface area contributed by atoms with Gasteiger partial charge in [0.05, 0.1) is 5.69 Å². The molecule has 0 saturated heterocycles. The van der Waals surface area contributed by atoms with Gasteiger partial charge in [0, 0.05) is 18.8 Å². The van der Waals surface area contributed by atoms with Crippen LogP contribution in [0.15, 0.2) is 23.4 Å². The van der Waals surface area contributed by atoms with E-state index in [1.807, 2.05) is 6.92 Å². The minimum atomic E-state index is -3.57. The third-order valence-corrected chi connectivity index (χ3v) is 4.98. The normalized spacial score (nSPS) is 18.8. The average molecular weight is 269 g/mol. The lowest BCUT2D eigenvalue weighted by Crippen LogP contribution is -2.43. The first-order valence-electron chi connectivity index (χ1n) is 6.14. The second-order valence-electron chi connectivity index (χ2n) is 4.98. The molecule has 18 heavy (non-hydrogen) atoms. The first-order chi connectivity index (χ1) is 8.47. The van der Waals surface area contributed by atoms with Crippen molar-refractivity contribution in [3.63, 3.8) is 0 Å². The van der Waals surface area contributed by atoms with Gasteiger partial charge in [0.15, 0.2) is 5.03 Å². The van der Waals surface area contributed by atoms with Crippen molar-refractivity contribution in [2.24, 2.45) is 0 Å². The molecule has 0 amide bonds. The molecule has 0 bridgehead atoms. The number of hydrogen-bond donors (Lipinski definition) is 2. The van der Waals surface area contributed by atoms with Gasteiger partial charge in [-0.25, -0.2) is 18.1 Å². The van der Waals surface area contributed by atoms with E-state index in [4.69, 9.17) is 0 Å². The molecule has 1 heterocycles. The summed E-state index contributed by atoms with van der Waals surface area (Å²) in [6.07, 6.45) is 5.40. The summed E-state index contributed by atoms with van der Waals surface area (Å²) in [5.41, 5.74) is 0.188. The van der Waals surface area contributed by atoms with Crippen molar-refractivity contribution in [2.45, 2.75) is 43.2 Å². The monoisotopic (exact) mass is 269 g/mol. The van der Waals surface area contributed by atoms with E-state index in [-0.39, 0.29) is 10.6 Å². The van der Waals surface area contributed by atoms with E-state index >= 15 is 0 Å². The van der Waals surface area contributed by atoms with Crippen LogP contribution in [0.25, 0.3) is 0 Å². The number of aromatic nitrogens is 1. The maximum absolute atomic E-state index is 12.4. The average Bonchev–Trinajstić information content (AvgIpc) is 2.74. The summed E-state index contributed by atoms with van der Waals surface area (Å²) in [4.78, 5) is 3.98. The fourth-order valence-electron chi connectivity index (χ4n) is 2.43. The second-order valence-corrected chi connectivity index (χ2v) is 6.58. The van der Waals surface area contributed by atoms with E-state index in [0.717, 1.165) is 25.7 Å².